The van der Waals surface area contributed by atoms with Gasteiger partial charge in [0.1, 0.15) is 12.4 Å². The zero-order valence-corrected chi connectivity index (χ0v) is 22.8. The van der Waals surface area contributed by atoms with Crippen molar-refractivity contribution in [1.82, 2.24) is 30.7 Å². The lowest BCUT2D eigenvalue weighted by molar-refractivity contribution is -0.123. The number of halogens is 1. The van der Waals surface area contributed by atoms with Crippen LogP contribution in [0.15, 0.2) is 83.7 Å². The Bertz CT molecular complexity index is 1760. The molecule has 13 nitrogen and oxygen atoms in total. The highest BCUT2D eigenvalue weighted by molar-refractivity contribution is 6.30. The summed E-state index contributed by atoms with van der Waals surface area (Å²) < 4.78 is 11.4. The molecule has 0 radical (unpaired) electrons. The molecule has 5 aromatic rings. The van der Waals surface area contributed by atoms with Crippen LogP contribution in [0.25, 0.3) is 22.7 Å². The molecular weight excluding hydrogens is 564 g/mol. The second-order valence-electron chi connectivity index (χ2n) is 8.89. The minimum atomic E-state index is -0.981. The molecule has 0 spiro atoms. The van der Waals surface area contributed by atoms with Crippen molar-refractivity contribution in [1.29, 1.82) is 0 Å². The molecule has 2 heterocycles. The molecule has 0 aliphatic carbocycles. The lowest BCUT2D eigenvalue weighted by Gasteiger charge is -2.17. The van der Waals surface area contributed by atoms with Gasteiger partial charge in [0, 0.05) is 28.8 Å². The molecule has 2 aromatic heterocycles. The second kappa shape index (κ2) is 12.7. The van der Waals surface area contributed by atoms with E-state index in [1.807, 2.05) is 30.3 Å². The number of hydrogen-bond acceptors (Lipinski definition) is 9. The van der Waals surface area contributed by atoms with Crippen LogP contribution >= 0.6 is 11.6 Å². The van der Waals surface area contributed by atoms with E-state index < -0.39 is 23.9 Å². The molecule has 14 heteroatoms. The molecule has 0 fully saturated rings. The van der Waals surface area contributed by atoms with Crippen molar-refractivity contribution in [2.75, 3.05) is 17.7 Å². The Morgan fingerprint density at radius 3 is 2.67 bits per heavy atom. The molecule has 0 saturated heterocycles. The first-order chi connectivity index (χ1) is 20.4. The maximum Gasteiger partial charge on any atom is 0.411 e. The maximum absolute atomic E-state index is 13.5. The number of methoxy groups -OCH3 is 1. The third-order valence-electron chi connectivity index (χ3n) is 6.06. The van der Waals surface area contributed by atoms with E-state index in [0.29, 0.717) is 32.9 Å². The first-order valence-electron chi connectivity index (χ1n) is 12.5. The quantitative estimate of drug-likeness (QED) is 0.216. The SMILES string of the molecule is COC(=O)Nc1ccc2onc(NC(=O)[C@H](Cc3ccccc3)NC(=O)/C=C/c3cc(Cl)ccc3-n3cnnn3)c2c1. The average Bonchev–Trinajstić information content (AvgIpc) is 3.67. The molecular formula is C28H23ClN8O5. The summed E-state index contributed by atoms with van der Waals surface area (Å²) in [5, 5.41) is 24.1. The fourth-order valence-corrected chi connectivity index (χ4v) is 4.24. The van der Waals surface area contributed by atoms with Gasteiger partial charge in [0.05, 0.1) is 18.2 Å². The predicted molar refractivity (Wildman–Crippen MR) is 154 cm³/mol. The minimum absolute atomic E-state index is 0.122. The van der Waals surface area contributed by atoms with E-state index in [1.165, 1.54) is 24.2 Å². The third-order valence-corrected chi connectivity index (χ3v) is 6.29. The smallest absolute Gasteiger partial charge is 0.411 e. The van der Waals surface area contributed by atoms with Gasteiger partial charge in [-0.05, 0) is 58.5 Å². The van der Waals surface area contributed by atoms with E-state index in [1.54, 1.807) is 42.5 Å². The molecule has 1 atom stereocenters. The van der Waals surface area contributed by atoms with Gasteiger partial charge in [0.2, 0.25) is 11.8 Å². The zero-order valence-electron chi connectivity index (χ0n) is 22.0. The van der Waals surface area contributed by atoms with Crippen LogP contribution in [-0.2, 0) is 20.7 Å². The Balaban J connectivity index is 1.36. The average molecular weight is 587 g/mol. The normalized spacial score (nSPS) is 11.8. The number of benzene rings is 3. The third kappa shape index (κ3) is 6.77. The van der Waals surface area contributed by atoms with Crippen LogP contribution in [0.3, 0.4) is 0 Å². The molecule has 3 amide bonds. The van der Waals surface area contributed by atoms with Crippen molar-refractivity contribution in [3.63, 3.8) is 0 Å². The number of fused-ring (bicyclic) bond motifs is 1. The Kier molecular flexibility index (Phi) is 8.49. The Labute approximate surface area is 243 Å². The Morgan fingerprint density at radius 2 is 1.90 bits per heavy atom. The molecule has 0 aliphatic heterocycles. The topological polar surface area (TPSA) is 166 Å². The zero-order chi connectivity index (χ0) is 29.5. The van der Waals surface area contributed by atoms with Gasteiger partial charge < -0.3 is 19.9 Å². The van der Waals surface area contributed by atoms with Crippen molar-refractivity contribution < 1.29 is 23.6 Å². The van der Waals surface area contributed by atoms with E-state index in [0.717, 1.165) is 5.56 Å². The summed E-state index contributed by atoms with van der Waals surface area (Å²) in [5.41, 5.74) is 2.80. The predicted octanol–water partition coefficient (Wildman–Crippen LogP) is 4.01. The van der Waals surface area contributed by atoms with Crippen LogP contribution in [-0.4, -0.2) is 56.4 Å². The number of hydrogen-bond donors (Lipinski definition) is 3. The molecule has 5 rings (SSSR count). The van der Waals surface area contributed by atoms with Crippen LogP contribution in [0, 0.1) is 0 Å². The lowest BCUT2D eigenvalue weighted by Crippen LogP contribution is -2.44. The van der Waals surface area contributed by atoms with Gasteiger partial charge in [0.25, 0.3) is 0 Å². The number of amides is 3. The van der Waals surface area contributed by atoms with Gasteiger partial charge in [0.15, 0.2) is 11.4 Å². The summed E-state index contributed by atoms with van der Waals surface area (Å²) >= 11 is 6.17. The minimum Gasteiger partial charge on any atom is -0.453 e. The van der Waals surface area contributed by atoms with Crippen molar-refractivity contribution >= 4 is 58.1 Å². The summed E-state index contributed by atoms with van der Waals surface area (Å²) in [6.07, 6.45) is 3.81. The van der Waals surface area contributed by atoms with Gasteiger partial charge >= 0.3 is 6.09 Å². The fraction of sp³-hybridized carbons (Fsp3) is 0.107. The molecule has 0 unspecified atom stereocenters. The van der Waals surface area contributed by atoms with Crippen LogP contribution in [0.5, 0.6) is 0 Å². The first kappa shape index (κ1) is 28.0. The number of ether oxygens (including phenoxy) is 1. The molecule has 0 saturated carbocycles. The largest absolute Gasteiger partial charge is 0.453 e. The van der Waals surface area contributed by atoms with Crippen LogP contribution < -0.4 is 16.0 Å². The van der Waals surface area contributed by atoms with Crippen molar-refractivity contribution in [3.05, 3.63) is 95.3 Å². The fourth-order valence-electron chi connectivity index (χ4n) is 4.06. The molecule has 212 valence electrons. The number of tetrazole rings is 1. The number of aromatic nitrogens is 5. The van der Waals surface area contributed by atoms with Gasteiger partial charge in [-0.2, -0.15) is 4.68 Å². The summed E-state index contributed by atoms with van der Waals surface area (Å²) in [4.78, 5) is 38.1. The highest BCUT2D eigenvalue weighted by Crippen LogP contribution is 2.26. The molecule has 0 aliphatic rings. The number of anilines is 2. The number of rotatable bonds is 9. The van der Waals surface area contributed by atoms with E-state index in [9.17, 15) is 14.4 Å². The maximum atomic E-state index is 13.5. The highest BCUT2D eigenvalue weighted by atomic mass is 35.5. The van der Waals surface area contributed by atoms with E-state index in [-0.39, 0.29) is 12.2 Å². The van der Waals surface area contributed by atoms with Gasteiger partial charge in [-0.15, -0.1) is 5.10 Å². The van der Waals surface area contributed by atoms with Gasteiger partial charge in [-0.3, -0.25) is 14.9 Å². The van der Waals surface area contributed by atoms with E-state index in [2.05, 4.69) is 41.4 Å². The highest BCUT2D eigenvalue weighted by Gasteiger charge is 2.23. The summed E-state index contributed by atoms with van der Waals surface area (Å²) in [6.45, 7) is 0. The van der Waals surface area contributed by atoms with Crippen molar-refractivity contribution in [3.8, 4) is 5.69 Å². The van der Waals surface area contributed by atoms with Crippen LogP contribution in [0.4, 0.5) is 16.3 Å². The second-order valence-corrected chi connectivity index (χ2v) is 9.33. The number of carbonyl (C=O) groups is 3. The molecule has 42 heavy (non-hydrogen) atoms. The van der Waals surface area contributed by atoms with Gasteiger partial charge in [-0.25, -0.2) is 4.79 Å². The van der Waals surface area contributed by atoms with Crippen molar-refractivity contribution in [2.24, 2.45) is 0 Å². The molecule has 3 aromatic carbocycles. The summed E-state index contributed by atoms with van der Waals surface area (Å²) in [6, 6.07) is 18.1. The Morgan fingerprint density at radius 1 is 1.07 bits per heavy atom. The number of nitrogens with zero attached hydrogens (tertiary/aromatic N) is 5. The molecule has 3 N–H and O–H groups in total. The number of carbonyl (C=O) groups excluding carboxylic acids is 3. The standard InChI is InChI=1S/C28H23ClN8O5/c1-41-28(40)31-20-9-11-24-21(15-20)26(34-42-24)33-27(39)22(13-17-5-3-2-4-6-17)32-25(38)12-7-18-14-19(29)8-10-23(18)37-16-30-35-36-37/h2-12,14-16,22H,13H2,1H3,(H,31,40)(H,32,38)(H,33,34,39)/b12-7+/t22-/m0/s1. The van der Waals surface area contributed by atoms with Gasteiger partial charge in [-0.1, -0.05) is 47.1 Å². The first-order valence-corrected chi connectivity index (χ1v) is 12.9. The van der Waals surface area contributed by atoms with Crippen molar-refractivity contribution in [2.45, 2.75) is 12.5 Å². The summed E-state index contributed by atoms with van der Waals surface area (Å²) in [7, 11) is 1.25. The summed E-state index contributed by atoms with van der Waals surface area (Å²) in [5.74, 6) is -0.932. The monoisotopic (exact) mass is 586 g/mol. The van der Waals surface area contributed by atoms with E-state index in [4.69, 9.17) is 16.1 Å². The molecule has 0 bridgehead atoms. The Hall–Kier alpha value is -5.56. The van der Waals surface area contributed by atoms with E-state index >= 15 is 0 Å². The number of nitrogens with one attached hydrogen (secondary N) is 3. The van der Waals surface area contributed by atoms with Crippen LogP contribution in [0.2, 0.25) is 5.02 Å². The van der Waals surface area contributed by atoms with Crippen LogP contribution in [0.1, 0.15) is 11.1 Å². The lowest BCUT2D eigenvalue weighted by atomic mass is 10.0.